The standard InChI is InChI=1S/C14H19NO7S2/c1-9-3-4-10(2)13(5-9)24(21,22)15(6-14(17)18)11-7-23(19,20)8-12(11)16/h3-5,11-12,16H,6-8H2,1-2H3,(H,17,18)/t11-,12+/m1/s1. The molecule has 2 atom stereocenters. The first-order chi connectivity index (χ1) is 10.9. The summed E-state index contributed by atoms with van der Waals surface area (Å²) in [7, 11) is -7.92. The third kappa shape index (κ3) is 3.77. The minimum absolute atomic E-state index is 0.0970. The third-order valence-corrected chi connectivity index (χ3v) is 7.60. The van der Waals surface area contributed by atoms with E-state index in [9.17, 15) is 26.7 Å². The normalized spacial score (nSPS) is 23.5. The highest BCUT2D eigenvalue weighted by atomic mass is 32.2. The molecule has 0 unspecified atom stereocenters. The molecule has 1 heterocycles. The number of hydrogen-bond donors (Lipinski definition) is 2. The van der Waals surface area contributed by atoms with Gasteiger partial charge >= 0.3 is 5.97 Å². The number of benzene rings is 1. The fraction of sp³-hybridized carbons (Fsp3) is 0.500. The topological polar surface area (TPSA) is 129 Å². The summed E-state index contributed by atoms with van der Waals surface area (Å²) in [5, 5.41) is 19.0. The third-order valence-electron chi connectivity index (χ3n) is 3.88. The Morgan fingerprint density at radius 2 is 1.92 bits per heavy atom. The summed E-state index contributed by atoms with van der Waals surface area (Å²) < 4.78 is 49.9. The maximum absolute atomic E-state index is 12.9. The van der Waals surface area contributed by atoms with Crippen molar-refractivity contribution in [1.82, 2.24) is 4.31 Å². The quantitative estimate of drug-likeness (QED) is 0.710. The summed E-state index contributed by atoms with van der Waals surface area (Å²) in [5.41, 5.74) is 1.07. The van der Waals surface area contributed by atoms with Crippen LogP contribution in [-0.2, 0) is 24.7 Å². The first-order valence-electron chi connectivity index (χ1n) is 7.13. The molecule has 10 heteroatoms. The molecule has 0 bridgehead atoms. The molecule has 0 aromatic heterocycles. The van der Waals surface area contributed by atoms with Gasteiger partial charge in [-0.25, -0.2) is 16.8 Å². The molecule has 0 spiro atoms. The number of hydrogen-bond acceptors (Lipinski definition) is 6. The highest BCUT2D eigenvalue weighted by molar-refractivity contribution is 7.92. The Labute approximate surface area is 140 Å². The van der Waals surface area contributed by atoms with Crippen LogP contribution < -0.4 is 0 Å². The Morgan fingerprint density at radius 3 is 2.42 bits per heavy atom. The highest BCUT2D eigenvalue weighted by Crippen LogP contribution is 2.27. The van der Waals surface area contributed by atoms with Gasteiger partial charge in [0.1, 0.15) is 6.54 Å². The van der Waals surface area contributed by atoms with Crippen molar-refractivity contribution in [3.8, 4) is 0 Å². The number of carboxylic acids is 1. The van der Waals surface area contributed by atoms with Crippen molar-refractivity contribution in [1.29, 1.82) is 0 Å². The van der Waals surface area contributed by atoms with E-state index in [0.29, 0.717) is 15.4 Å². The number of rotatable bonds is 5. The van der Waals surface area contributed by atoms with Crippen molar-refractivity contribution in [2.75, 3.05) is 18.1 Å². The molecule has 0 amide bonds. The minimum atomic E-state index is -4.29. The lowest BCUT2D eigenvalue weighted by Crippen LogP contribution is -2.49. The maximum atomic E-state index is 12.9. The fourth-order valence-electron chi connectivity index (χ4n) is 2.71. The number of aliphatic carboxylic acids is 1. The molecule has 134 valence electrons. The second-order valence-corrected chi connectivity index (χ2v) is 9.94. The molecule has 1 aromatic carbocycles. The second kappa shape index (κ2) is 6.43. The number of aliphatic hydroxyl groups excluding tert-OH is 1. The molecule has 1 fully saturated rings. The zero-order valence-electron chi connectivity index (χ0n) is 13.2. The molecular weight excluding hydrogens is 358 g/mol. The van der Waals surface area contributed by atoms with Gasteiger partial charge in [-0.05, 0) is 31.0 Å². The van der Waals surface area contributed by atoms with E-state index in [2.05, 4.69) is 0 Å². The van der Waals surface area contributed by atoms with Gasteiger partial charge in [-0.1, -0.05) is 12.1 Å². The average Bonchev–Trinajstić information content (AvgIpc) is 2.71. The number of sulfonamides is 1. The Morgan fingerprint density at radius 1 is 1.29 bits per heavy atom. The van der Waals surface area contributed by atoms with E-state index >= 15 is 0 Å². The van der Waals surface area contributed by atoms with Gasteiger partial charge in [0.25, 0.3) is 0 Å². The number of aryl methyl sites for hydroxylation is 2. The van der Waals surface area contributed by atoms with Gasteiger partial charge in [0.15, 0.2) is 9.84 Å². The summed E-state index contributed by atoms with van der Waals surface area (Å²) in [6, 6.07) is 3.37. The van der Waals surface area contributed by atoms with Gasteiger partial charge in [-0.2, -0.15) is 4.31 Å². The van der Waals surface area contributed by atoms with Crippen molar-refractivity contribution in [2.24, 2.45) is 0 Å². The largest absolute Gasteiger partial charge is 0.480 e. The van der Waals surface area contributed by atoms with Crippen molar-refractivity contribution < 1.29 is 31.8 Å². The number of nitrogens with zero attached hydrogens (tertiary/aromatic N) is 1. The van der Waals surface area contributed by atoms with Crippen molar-refractivity contribution in [3.05, 3.63) is 29.3 Å². The number of aliphatic hydroxyl groups is 1. The van der Waals surface area contributed by atoms with E-state index in [1.165, 1.54) is 6.07 Å². The van der Waals surface area contributed by atoms with E-state index in [1.54, 1.807) is 26.0 Å². The van der Waals surface area contributed by atoms with Crippen LogP contribution in [-0.4, -0.2) is 67.5 Å². The van der Waals surface area contributed by atoms with Crippen LogP contribution in [0.1, 0.15) is 11.1 Å². The lowest BCUT2D eigenvalue weighted by atomic mass is 10.2. The van der Waals surface area contributed by atoms with Crippen LogP contribution in [0, 0.1) is 13.8 Å². The zero-order valence-corrected chi connectivity index (χ0v) is 14.8. The first kappa shape index (κ1) is 18.8. The van der Waals surface area contributed by atoms with Crippen LogP contribution in [0.25, 0.3) is 0 Å². The van der Waals surface area contributed by atoms with Crippen molar-refractivity contribution in [2.45, 2.75) is 30.9 Å². The second-order valence-electron chi connectivity index (χ2n) is 5.92. The van der Waals surface area contributed by atoms with E-state index in [1.807, 2.05) is 0 Å². The lowest BCUT2D eigenvalue weighted by Gasteiger charge is -2.28. The van der Waals surface area contributed by atoms with Crippen LogP contribution in [0.2, 0.25) is 0 Å². The highest BCUT2D eigenvalue weighted by Gasteiger charge is 2.45. The smallest absolute Gasteiger partial charge is 0.318 e. The van der Waals surface area contributed by atoms with Crippen molar-refractivity contribution in [3.63, 3.8) is 0 Å². The molecule has 8 nitrogen and oxygen atoms in total. The summed E-state index contributed by atoms with van der Waals surface area (Å²) in [5.74, 6) is -2.62. The predicted molar refractivity (Wildman–Crippen MR) is 85.9 cm³/mol. The van der Waals surface area contributed by atoms with Crippen LogP contribution in [0.4, 0.5) is 0 Å². The summed E-state index contributed by atoms with van der Waals surface area (Å²) in [6.45, 7) is 2.33. The van der Waals surface area contributed by atoms with E-state index in [0.717, 1.165) is 0 Å². The van der Waals surface area contributed by atoms with E-state index < -0.39 is 56.0 Å². The average molecular weight is 377 g/mol. The number of sulfone groups is 1. The molecule has 2 rings (SSSR count). The summed E-state index contributed by atoms with van der Waals surface area (Å²) in [6.07, 6.45) is -1.46. The monoisotopic (exact) mass is 377 g/mol. The molecule has 0 radical (unpaired) electrons. The first-order valence-corrected chi connectivity index (χ1v) is 10.4. The molecular formula is C14H19NO7S2. The van der Waals surface area contributed by atoms with Crippen LogP contribution in [0.3, 0.4) is 0 Å². The van der Waals surface area contributed by atoms with Crippen molar-refractivity contribution >= 4 is 25.8 Å². The maximum Gasteiger partial charge on any atom is 0.318 e. The molecule has 0 saturated carbocycles. The van der Waals surface area contributed by atoms with Gasteiger partial charge in [0.2, 0.25) is 10.0 Å². The number of carbonyl (C=O) groups is 1. The minimum Gasteiger partial charge on any atom is -0.480 e. The molecule has 0 aliphatic carbocycles. The van der Waals surface area contributed by atoms with E-state index in [-0.39, 0.29) is 4.90 Å². The van der Waals surface area contributed by atoms with Crippen LogP contribution in [0.5, 0.6) is 0 Å². The molecule has 1 aliphatic rings. The Kier molecular flexibility index (Phi) is 5.05. The summed E-state index contributed by atoms with van der Waals surface area (Å²) >= 11 is 0. The van der Waals surface area contributed by atoms with Gasteiger partial charge in [0.05, 0.1) is 28.5 Å². The molecule has 2 N–H and O–H groups in total. The van der Waals surface area contributed by atoms with Gasteiger partial charge < -0.3 is 10.2 Å². The molecule has 1 aliphatic heterocycles. The summed E-state index contributed by atoms with van der Waals surface area (Å²) in [4.78, 5) is 11.0. The zero-order chi connectivity index (χ0) is 18.3. The number of carboxylic acid groups (broad SMARTS) is 1. The predicted octanol–water partition coefficient (Wildman–Crippen LogP) is -0.463. The van der Waals surface area contributed by atoms with Gasteiger partial charge in [-0.15, -0.1) is 0 Å². The molecule has 1 aromatic rings. The Hall–Kier alpha value is -1.49. The molecule has 24 heavy (non-hydrogen) atoms. The van der Waals surface area contributed by atoms with Gasteiger partial charge in [-0.3, -0.25) is 4.79 Å². The van der Waals surface area contributed by atoms with E-state index in [4.69, 9.17) is 5.11 Å². The Bertz CT molecular complexity index is 861. The van der Waals surface area contributed by atoms with Crippen LogP contribution in [0.15, 0.2) is 23.1 Å². The Balaban J connectivity index is 2.55. The lowest BCUT2D eigenvalue weighted by molar-refractivity contribution is -0.137. The van der Waals surface area contributed by atoms with Crippen LogP contribution >= 0.6 is 0 Å². The SMILES string of the molecule is Cc1ccc(C)c(S(=O)(=O)N(CC(=O)O)[C@@H]2CS(=O)(=O)C[C@@H]2O)c1. The fourth-order valence-corrected chi connectivity index (χ4v) is 6.52. The van der Waals surface area contributed by atoms with Gasteiger partial charge in [0, 0.05) is 0 Å². The molecule has 1 saturated heterocycles.